The summed E-state index contributed by atoms with van der Waals surface area (Å²) < 4.78 is 6.37. The number of piperazine rings is 1. The molecule has 2 aliphatic rings. The summed E-state index contributed by atoms with van der Waals surface area (Å²) in [7, 11) is 0. The Balaban J connectivity index is 1.24. The number of tetrazole rings is 1. The average molecular weight is 571 g/mol. The Morgan fingerprint density at radius 3 is 2.45 bits per heavy atom. The third-order valence-electron chi connectivity index (χ3n) is 9.11. The lowest BCUT2D eigenvalue weighted by Gasteiger charge is -2.47. The zero-order valence-electron chi connectivity index (χ0n) is 25.9. The Kier molecular flexibility index (Phi) is 6.85. The van der Waals surface area contributed by atoms with Crippen LogP contribution in [0, 0.1) is 5.41 Å². The molecule has 0 aromatic carbocycles. The topological polar surface area (TPSA) is 117 Å². The number of anilines is 1. The summed E-state index contributed by atoms with van der Waals surface area (Å²) in [5.41, 5.74) is 4.40. The zero-order valence-corrected chi connectivity index (χ0v) is 25.9. The van der Waals surface area contributed by atoms with E-state index in [0.717, 1.165) is 46.6 Å². The number of nitrogens with one attached hydrogen (secondary N) is 1. The molecule has 10 nitrogen and oxygen atoms in total. The number of aromatic nitrogens is 6. The largest absolute Gasteiger partial charge is 0.449 e. The van der Waals surface area contributed by atoms with Gasteiger partial charge in [0.2, 0.25) is 0 Å². The molecule has 1 aliphatic heterocycles. The molecule has 1 aliphatic carbocycles. The van der Waals surface area contributed by atoms with E-state index in [4.69, 9.17) is 9.40 Å². The van der Waals surface area contributed by atoms with Crippen molar-refractivity contribution in [3.05, 3.63) is 47.5 Å². The molecule has 5 heterocycles. The van der Waals surface area contributed by atoms with Crippen molar-refractivity contribution in [1.82, 2.24) is 35.5 Å². The second-order valence-electron chi connectivity index (χ2n) is 14.5. The minimum Gasteiger partial charge on any atom is -0.449 e. The molecular formula is C32H42N8O2. The summed E-state index contributed by atoms with van der Waals surface area (Å²) in [6.07, 6.45) is 6.46. The summed E-state index contributed by atoms with van der Waals surface area (Å²) in [6.45, 7) is 17.4. The first-order valence-electron chi connectivity index (χ1n) is 15.0. The van der Waals surface area contributed by atoms with Gasteiger partial charge in [0.05, 0.1) is 5.54 Å². The molecule has 1 N–H and O–H groups in total. The van der Waals surface area contributed by atoms with Gasteiger partial charge in [0.1, 0.15) is 11.3 Å². The maximum absolute atomic E-state index is 14.0. The van der Waals surface area contributed by atoms with Crippen LogP contribution in [0.2, 0.25) is 0 Å². The third-order valence-corrected chi connectivity index (χ3v) is 9.11. The number of H-pyrrole nitrogens is 1. The first-order valence-corrected chi connectivity index (χ1v) is 15.0. The van der Waals surface area contributed by atoms with Gasteiger partial charge in [0.15, 0.2) is 17.2 Å². The van der Waals surface area contributed by atoms with Crippen LogP contribution in [0.4, 0.5) is 5.82 Å². The van der Waals surface area contributed by atoms with Crippen molar-refractivity contribution in [2.75, 3.05) is 24.5 Å². The van der Waals surface area contributed by atoms with Crippen LogP contribution in [0.25, 0.3) is 22.5 Å². The molecule has 0 spiro atoms. The monoisotopic (exact) mass is 570 g/mol. The Labute approximate surface area is 247 Å². The van der Waals surface area contributed by atoms with Crippen molar-refractivity contribution >= 4 is 22.8 Å². The van der Waals surface area contributed by atoms with E-state index in [1.807, 2.05) is 23.1 Å². The van der Waals surface area contributed by atoms with Crippen molar-refractivity contribution in [1.29, 1.82) is 0 Å². The van der Waals surface area contributed by atoms with Crippen LogP contribution in [0.1, 0.15) is 102 Å². The molecule has 1 saturated heterocycles. The minimum atomic E-state index is -0.441. The standard InChI is InChI=1S/C32H42N8O2/c1-30(2,3)22-16-23(20-10-12-31(4,5)13-11-20)34-24-17-25(42-27(22)24)29(41)40-15-14-39(19-32(40,6)7)26-9-8-21(18-33-26)28-35-37-38-36-28/h8-9,16-18,20H,10-15,19H2,1-7H3,(H,35,36,37,38). The fourth-order valence-electron chi connectivity index (χ4n) is 6.46. The fraction of sp³-hybridized carbons (Fsp3) is 0.562. The molecule has 10 heteroatoms. The van der Waals surface area contributed by atoms with Crippen LogP contribution < -0.4 is 4.90 Å². The first kappa shape index (κ1) is 28.3. The van der Waals surface area contributed by atoms with E-state index in [0.29, 0.717) is 42.6 Å². The van der Waals surface area contributed by atoms with Crippen molar-refractivity contribution in [2.45, 2.75) is 91.0 Å². The number of carbonyl (C=O) groups excluding carboxylic acids is 1. The molecule has 42 heavy (non-hydrogen) atoms. The summed E-state index contributed by atoms with van der Waals surface area (Å²) in [6, 6.07) is 8.02. The number of carbonyl (C=O) groups is 1. The van der Waals surface area contributed by atoms with Crippen LogP contribution in [0.5, 0.6) is 0 Å². The summed E-state index contributed by atoms with van der Waals surface area (Å²) in [4.78, 5) is 27.8. The summed E-state index contributed by atoms with van der Waals surface area (Å²) >= 11 is 0. The van der Waals surface area contributed by atoms with E-state index in [2.05, 4.69) is 85.0 Å². The Hall–Kier alpha value is -3.82. The van der Waals surface area contributed by atoms with Crippen molar-refractivity contribution < 1.29 is 9.21 Å². The number of aromatic amines is 1. The maximum atomic E-state index is 14.0. The van der Waals surface area contributed by atoms with Gasteiger partial charge in [-0.1, -0.05) is 34.6 Å². The number of fused-ring (bicyclic) bond motifs is 1. The molecular weight excluding hydrogens is 528 g/mol. The first-order chi connectivity index (χ1) is 19.8. The molecule has 4 aromatic rings. The predicted molar refractivity (Wildman–Crippen MR) is 162 cm³/mol. The van der Waals surface area contributed by atoms with Gasteiger partial charge in [-0.15, -0.1) is 5.10 Å². The summed E-state index contributed by atoms with van der Waals surface area (Å²) in [5.74, 6) is 2.14. The van der Waals surface area contributed by atoms with Gasteiger partial charge in [-0.3, -0.25) is 4.79 Å². The molecule has 0 radical (unpaired) electrons. The van der Waals surface area contributed by atoms with Gasteiger partial charge in [0, 0.05) is 54.6 Å². The Bertz CT molecular complexity index is 1570. The van der Waals surface area contributed by atoms with Crippen molar-refractivity contribution in [2.24, 2.45) is 5.41 Å². The van der Waals surface area contributed by atoms with E-state index < -0.39 is 5.54 Å². The second kappa shape index (κ2) is 10.2. The molecule has 2 fully saturated rings. The van der Waals surface area contributed by atoms with Crippen LogP contribution >= 0.6 is 0 Å². The molecule has 0 bridgehead atoms. The van der Waals surface area contributed by atoms with E-state index in [1.54, 1.807) is 6.20 Å². The number of hydrogen-bond acceptors (Lipinski definition) is 8. The summed E-state index contributed by atoms with van der Waals surface area (Å²) in [5, 5.41) is 14.0. The highest BCUT2D eigenvalue weighted by Crippen LogP contribution is 2.43. The number of pyridine rings is 2. The molecule has 1 saturated carbocycles. The lowest BCUT2D eigenvalue weighted by Crippen LogP contribution is -2.61. The second-order valence-corrected chi connectivity index (χ2v) is 14.5. The zero-order chi connectivity index (χ0) is 29.9. The Morgan fingerprint density at radius 2 is 1.83 bits per heavy atom. The van der Waals surface area contributed by atoms with Crippen LogP contribution in [-0.4, -0.2) is 66.6 Å². The van der Waals surface area contributed by atoms with Crippen LogP contribution in [0.15, 0.2) is 34.9 Å². The molecule has 0 unspecified atom stereocenters. The SMILES string of the molecule is CC1(C)CCC(c2cc(C(C)(C)C)c3oc(C(=O)N4CCN(c5ccc(-c6nnn[nH]6)cn5)CC4(C)C)cc3n2)CC1. The fourth-order valence-corrected chi connectivity index (χ4v) is 6.46. The quantitative estimate of drug-likeness (QED) is 0.312. The molecule has 222 valence electrons. The lowest BCUT2D eigenvalue weighted by atomic mass is 9.72. The number of furan rings is 1. The van der Waals surface area contributed by atoms with Gasteiger partial charge in [-0.05, 0) is 79.0 Å². The minimum absolute atomic E-state index is 0.0976. The van der Waals surface area contributed by atoms with Gasteiger partial charge in [0.25, 0.3) is 5.91 Å². The number of hydrogen-bond donors (Lipinski definition) is 1. The average Bonchev–Trinajstić information content (AvgIpc) is 3.62. The van der Waals surface area contributed by atoms with Crippen LogP contribution in [-0.2, 0) is 5.41 Å². The van der Waals surface area contributed by atoms with E-state index >= 15 is 0 Å². The highest BCUT2D eigenvalue weighted by atomic mass is 16.3. The van der Waals surface area contributed by atoms with Gasteiger partial charge < -0.3 is 14.2 Å². The van der Waals surface area contributed by atoms with Gasteiger partial charge >= 0.3 is 0 Å². The highest BCUT2D eigenvalue weighted by molar-refractivity contribution is 5.96. The highest BCUT2D eigenvalue weighted by Gasteiger charge is 2.39. The number of rotatable bonds is 4. The normalized spacial score (nSPS) is 19.4. The molecule has 4 aromatic heterocycles. The molecule has 0 atom stereocenters. The smallest absolute Gasteiger partial charge is 0.290 e. The van der Waals surface area contributed by atoms with Crippen LogP contribution in [0.3, 0.4) is 0 Å². The lowest BCUT2D eigenvalue weighted by molar-refractivity contribution is 0.0483. The number of amides is 1. The predicted octanol–water partition coefficient (Wildman–Crippen LogP) is 6.13. The molecule has 1 amide bonds. The van der Waals surface area contributed by atoms with E-state index in [9.17, 15) is 4.79 Å². The van der Waals surface area contributed by atoms with E-state index in [-0.39, 0.29) is 11.3 Å². The van der Waals surface area contributed by atoms with E-state index in [1.165, 1.54) is 12.8 Å². The van der Waals surface area contributed by atoms with Gasteiger partial charge in [-0.25, -0.2) is 15.1 Å². The Morgan fingerprint density at radius 1 is 1.07 bits per heavy atom. The maximum Gasteiger partial charge on any atom is 0.290 e. The number of nitrogens with zero attached hydrogens (tertiary/aromatic N) is 7. The molecule has 6 rings (SSSR count). The van der Waals surface area contributed by atoms with Crippen molar-refractivity contribution in [3.63, 3.8) is 0 Å². The third kappa shape index (κ3) is 5.39. The van der Waals surface area contributed by atoms with Gasteiger partial charge in [-0.2, -0.15) is 0 Å². The van der Waals surface area contributed by atoms with Crippen molar-refractivity contribution in [3.8, 4) is 11.4 Å².